The molecule has 0 N–H and O–H groups in total. The first-order chi connectivity index (χ1) is 7.86. The van der Waals surface area contributed by atoms with E-state index >= 15 is 0 Å². The molecule has 0 radical (unpaired) electrons. The minimum atomic E-state index is -0.203. The van der Waals surface area contributed by atoms with Gasteiger partial charge in [0.05, 0.1) is 0 Å². The van der Waals surface area contributed by atoms with Crippen LogP contribution in [0.5, 0.6) is 0 Å². The molecule has 3 rings (SSSR count). The van der Waals surface area contributed by atoms with Crippen molar-refractivity contribution in [3.8, 4) is 0 Å². The average molecular weight is 217 g/mol. The van der Waals surface area contributed by atoms with Crippen LogP contribution in [0.25, 0.3) is 0 Å². The summed E-state index contributed by atoms with van der Waals surface area (Å²) in [7, 11) is 0. The number of carbonyl (C=O) groups is 1. The van der Waals surface area contributed by atoms with Crippen LogP contribution in [-0.2, 0) is 16.0 Å². The lowest BCUT2D eigenvalue weighted by Crippen LogP contribution is -2.37. The number of rotatable bonds is 1. The number of nitrogens with zero attached hydrogens (tertiary/aromatic N) is 1. The third-order valence-corrected chi connectivity index (χ3v) is 3.36. The first-order valence-electron chi connectivity index (χ1n) is 5.87. The van der Waals surface area contributed by atoms with E-state index in [1.54, 1.807) is 0 Å². The van der Waals surface area contributed by atoms with Gasteiger partial charge in [-0.05, 0) is 30.9 Å². The second kappa shape index (κ2) is 3.91. The van der Waals surface area contributed by atoms with Crippen LogP contribution in [0.1, 0.15) is 18.4 Å². The SMILES string of the molecule is O=C([C@@H]1CCCO1)N1CCc2ccccc21. The van der Waals surface area contributed by atoms with Gasteiger partial charge in [-0.3, -0.25) is 4.79 Å². The van der Waals surface area contributed by atoms with Crippen LogP contribution in [-0.4, -0.2) is 25.2 Å². The van der Waals surface area contributed by atoms with E-state index in [-0.39, 0.29) is 12.0 Å². The van der Waals surface area contributed by atoms with Crippen molar-refractivity contribution in [1.82, 2.24) is 0 Å². The van der Waals surface area contributed by atoms with E-state index in [1.165, 1.54) is 5.56 Å². The highest BCUT2D eigenvalue weighted by atomic mass is 16.5. The van der Waals surface area contributed by atoms with Crippen LogP contribution in [0, 0.1) is 0 Å². The smallest absolute Gasteiger partial charge is 0.256 e. The minimum Gasteiger partial charge on any atom is -0.368 e. The molecule has 0 aromatic heterocycles. The van der Waals surface area contributed by atoms with Gasteiger partial charge in [0.25, 0.3) is 5.91 Å². The van der Waals surface area contributed by atoms with E-state index in [4.69, 9.17) is 4.74 Å². The third-order valence-electron chi connectivity index (χ3n) is 3.36. The number of ether oxygens (including phenoxy) is 1. The van der Waals surface area contributed by atoms with Gasteiger partial charge < -0.3 is 9.64 Å². The van der Waals surface area contributed by atoms with Crippen LogP contribution < -0.4 is 4.90 Å². The first-order valence-corrected chi connectivity index (χ1v) is 5.87. The van der Waals surface area contributed by atoms with Gasteiger partial charge in [-0.15, -0.1) is 0 Å². The number of benzene rings is 1. The molecule has 2 aliphatic rings. The molecule has 1 fully saturated rings. The van der Waals surface area contributed by atoms with Gasteiger partial charge >= 0.3 is 0 Å². The van der Waals surface area contributed by atoms with Crippen molar-refractivity contribution in [1.29, 1.82) is 0 Å². The molecule has 3 heteroatoms. The van der Waals surface area contributed by atoms with E-state index in [0.29, 0.717) is 0 Å². The monoisotopic (exact) mass is 217 g/mol. The number of carbonyl (C=O) groups excluding carboxylic acids is 1. The van der Waals surface area contributed by atoms with Crippen molar-refractivity contribution in [2.45, 2.75) is 25.4 Å². The average Bonchev–Trinajstić information content (AvgIpc) is 2.98. The maximum absolute atomic E-state index is 12.2. The molecule has 0 saturated carbocycles. The van der Waals surface area contributed by atoms with Crippen molar-refractivity contribution in [3.63, 3.8) is 0 Å². The quantitative estimate of drug-likeness (QED) is 0.717. The van der Waals surface area contributed by atoms with Crippen LogP contribution in [0.4, 0.5) is 5.69 Å². The summed E-state index contributed by atoms with van der Waals surface area (Å²) in [5, 5.41) is 0. The predicted octanol–water partition coefficient (Wildman–Crippen LogP) is 1.75. The molecule has 1 saturated heterocycles. The molecule has 1 aromatic carbocycles. The Morgan fingerprint density at radius 1 is 1.38 bits per heavy atom. The molecular weight excluding hydrogens is 202 g/mol. The van der Waals surface area contributed by atoms with Crippen molar-refractivity contribution in [2.24, 2.45) is 0 Å². The molecule has 0 aliphatic carbocycles. The molecule has 3 nitrogen and oxygen atoms in total. The standard InChI is InChI=1S/C13H15NO2/c15-13(12-6-3-9-16-12)14-8-7-10-4-1-2-5-11(10)14/h1-2,4-5,12H,3,6-9H2/t12-/m0/s1. The Kier molecular flexibility index (Phi) is 2.40. The highest BCUT2D eigenvalue weighted by molar-refractivity contribution is 5.98. The fourth-order valence-corrected chi connectivity index (χ4v) is 2.51. The Morgan fingerprint density at radius 2 is 2.25 bits per heavy atom. The largest absolute Gasteiger partial charge is 0.368 e. The summed E-state index contributed by atoms with van der Waals surface area (Å²) in [4.78, 5) is 14.1. The molecule has 1 amide bonds. The second-order valence-electron chi connectivity index (χ2n) is 4.37. The van der Waals surface area contributed by atoms with Crippen LogP contribution in [0.2, 0.25) is 0 Å². The Labute approximate surface area is 95.0 Å². The zero-order valence-corrected chi connectivity index (χ0v) is 9.19. The predicted molar refractivity (Wildman–Crippen MR) is 61.5 cm³/mol. The van der Waals surface area contributed by atoms with Gasteiger partial charge in [-0.2, -0.15) is 0 Å². The van der Waals surface area contributed by atoms with E-state index in [1.807, 2.05) is 23.1 Å². The molecular formula is C13H15NO2. The minimum absolute atomic E-state index is 0.141. The maximum Gasteiger partial charge on any atom is 0.256 e. The van der Waals surface area contributed by atoms with E-state index in [9.17, 15) is 4.79 Å². The van der Waals surface area contributed by atoms with Crippen molar-refractivity contribution >= 4 is 11.6 Å². The molecule has 16 heavy (non-hydrogen) atoms. The summed E-state index contributed by atoms with van der Waals surface area (Å²) >= 11 is 0. The lowest BCUT2D eigenvalue weighted by molar-refractivity contribution is -0.127. The van der Waals surface area contributed by atoms with Gasteiger partial charge in [0.15, 0.2) is 0 Å². The highest BCUT2D eigenvalue weighted by Crippen LogP contribution is 2.29. The van der Waals surface area contributed by atoms with Gasteiger partial charge in [-0.1, -0.05) is 18.2 Å². The van der Waals surface area contributed by atoms with Crippen molar-refractivity contribution in [3.05, 3.63) is 29.8 Å². The number of hydrogen-bond acceptors (Lipinski definition) is 2. The van der Waals surface area contributed by atoms with Gasteiger partial charge in [0, 0.05) is 18.8 Å². The number of anilines is 1. The first kappa shape index (κ1) is 9.85. The van der Waals surface area contributed by atoms with Gasteiger partial charge in [-0.25, -0.2) is 0 Å². The summed E-state index contributed by atoms with van der Waals surface area (Å²) in [5.74, 6) is 0.141. The molecule has 1 atom stereocenters. The van der Waals surface area contributed by atoms with Crippen LogP contribution in [0.15, 0.2) is 24.3 Å². The molecule has 1 aromatic rings. The lowest BCUT2D eigenvalue weighted by Gasteiger charge is -2.20. The van der Waals surface area contributed by atoms with Crippen molar-refractivity contribution in [2.75, 3.05) is 18.1 Å². The second-order valence-corrected chi connectivity index (χ2v) is 4.37. The highest BCUT2D eigenvalue weighted by Gasteiger charge is 2.32. The van der Waals surface area contributed by atoms with Gasteiger partial charge in [0.1, 0.15) is 6.10 Å². The van der Waals surface area contributed by atoms with E-state index < -0.39 is 0 Å². The lowest BCUT2D eigenvalue weighted by atomic mass is 10.1. The molecule has 2 heterocycles. The van der Waals surface area contributed by atoms with E-state index in [2.05, 4.69) is 6.07 Å². The Hall–Kier alpha value is -1.35. The molecule has 0 unspecified atom stereocenters. The Morgan fingerprint density at radius 3 is 3.06 bits per heavy atom. The topological polar surface area (TPSA) is 29.5 Å². The number of hydrogen-bond donors (Lipinski definition) is 0. The number of amides is 1. The zero-order valence-electron chi connectivity index (χ0n) is 9.19. The molecule has 84 valence electrons. The molecule has 2 aliphatic heterocycles. The number of para-hydroxylation sites is 1. The van der Waals surface area contributed by atoms with Crippen molar-refractivity contribution < 1.29 is 9.53 Å². The van der Waals surface area contributed by atoms with Gasteiger partial charge in [0.2, 0.25) is 0 Å². The third kappa shape index (κ3) is 1.52. The summed E-state index contributed by atoms with van der Waals surface area (Å²) in [6, 6.07) is 8.13. The number of fused-ring (bicyclic) bond motifs is 1. The Bertz CT molecular complexity index is 410. The van der Waals surface area contributed by atoms with Crippen LogP contribution in [0.3, 0.4) is 0 Å². The fourth-order valence-electron chi connectivity index (χ4n) is 2.51. The van der Waals surface area contributed by atoms with Crippen LogP contribution >= 0.6 is 0 Å². The van der Waals surface area contributed by atoms with E-state index in [0.717, 1.165) is 38.1 Å². The summed E-state index contributed by atoms with van der Waals surface area (Å²) in [6.07, 6.45) is 2.64. The zero-order chi connectivity index (χ0) is 11.0. The normalized spacial score (nSPS) is 23.5. The Balaban J connectivity index is 1.84. The maximum atomic E-state index is 12.2. The molecule has 0 spiro atoms. The summed E-state index contributed by atoms with van der Waals surface area (Å²) in [6.45, 7) is 1.53. The summed E-state index contributed by atoms with van der Waals surface area (Å²) in [5.41, 5.74) is 2.34. The molecule has 0 bridgehead atoms. The summed E-state index contributed by atoms with van der Waals surface area (Å²) < 4.78 is 5.45. The fraction of sp³-hybridized carbons (Fsp3) is 0.462.